The number of carbonyl (C=O) groups excluding carboxylic acids is 2. The molecule has 2 N–H and O–H groups in total. The first-order valence-corrected chi connectivity index (χ1v) is 10.0. The maximum Gasteiger partial charge on any atom is 0.343 e. The Balaban J connectivity index is 1.92. The van der Waals surface area contributed by atoms with Crippen LogP contribution in [0.1, 0.15) is 42.1 Å². The molecule has 3 aromatic carbocycles. The van der Waals surface area contributed by atoms with Gasteiger partial charge in [0.25, 0.3) is 0 Å². The maximum absolute atomic E-state index is 13.2. The summed E-state index contributed by atoms with van der Waals surface area (Å²) in [5.41, 5.74) is 3.69. The molecule has 0 bridgehead atoms. The zero-order valence-corrected chi connectivity index (χ0v) is 17.2. The zero-order chi connectivity index (χ0) is 21.3. The van der Waals surface area contributed by atoms with Crippen molar-refractivity contribution < 1.29 is 19.2 Å². The van der Waals surface area contributed by atoms with E-state index in [1.54, 1.807) is 18.2 Å². The van der Waals surface area contributed by atoms with Crippen LogP contribution in [0.15, 0.2) is 60.7 Å². The summed E-state index contributed by atoms with van der Waals surface area (Å²) >= 11 is 0. The number of benzene rings is 3. The van der Waals surface area contributed by atoms with Crippen molar-refractivity contribution in [2.45, 2.75) is 26.2 Å². The molecule has 0 spiro atoms. The van der Waals surface area contributed by atoms with Gasteiger partial charge >= 0.3 is 6.03 Å². The third kappa shape index (κ3) is 5.15. The number of carbonyl (C=O) groups is 2. The third-order valence-corrected chi connectivity index (χ3v) is 4.72. The summed E-state index contributed by atoms with van der Waals surface area (Å²) in [6.45, 7) is 2.65. The molecule has 30 heavy (non-hydrogen) atoms. The van der Waals surface area contributed by atoms with Crippen LogP contribution < -0.4 is 15.5 Å². The monoisotopic (exact) mass is 406 g/mol. The van der Waals surface area contributed by atoms with Crippen molar-refractivity contribution in [1.82, 2.24) is 5.48 Å². The van der Waals surface area contributed by atoms with Gasteiger partial charge in [-0.15, -0.1) is 0 Å². The average Bonchev–Trinajstić information content (AvgIpc) is 2.76. The molecule has 0 saturated heterocycles. The van der Waals surface area contributed by atoms with Gasteiger partial charge in [-0.1, -0.05) is 62.2 Å². The topological polar surface area (TPSA) is 76.7 Å². The minimum Gasteiger partial charge on any atom is -0.491 e. The van der Waals surface area contributed by atoms with Gasteiger partial charge < -0.3 is 10.1 Å². The molecule has 0 aliphatic carbocycles. The summed E-state index contributed by atoms with van der Waals surface area (Å²) in [5.74, 6) is 0.381. The third-order valence-electron chi connectivity index (χ3n) is 4.72. The van der Waals surface area contributed by atoms with Crippen LogP contribution in [0, 0.1) is 0 Å². The van der Waals surface area contributed by atoms with Crippen molar-refractivity contribution >= 4 is 28.3 Å². The Morgan fingerprint density at radius 3 is 2.57 bits per heavy atom. The molecule has 0 heterocycles. The van der Waals surface area contributed by atoms with E-state index in [-0.39, 0.29) is 5.78 Å². The zero-order valence-electron chi connectivity index (χ0n) is 17.2. The van der Waals surface area contributed by atoms with Crippen LogP contribution in [-0.4, -0.2) is 25.5 Å². The van der Waals surface area contributed by atoms with Crippen molar-refractivity contribution in [2.75, 3.05) is 19.0 Å². The van der Waals surface area contributed by atoms with E-state index >= 15 is 0 Å². The second-order valence-corrected chi connectivity index (χ2v) is 6.88. The molecular weight excluding hydrogens is 380 g/mol. The number of hydrogen-bond donors (Lipinski definition) is 2. The SMILES string of the molecule is CCCCCOc1ccc(C(=O)c2cccc3ccccc23)cc1NC(=O)NOC. The highest BCUT2D eigenvalue weighted by atomic mass is 16.6. The van der Waals surface area contributed by atoms with E-state index in [4.69, 9.17) is 4.74 Å². The van der Waals surface area contributed by atoms with E-state index in [1.165, 1.54) is 7.11 Å². The van der Waals surface area contributed by atoms with E-state index in [9.17, 15) is 9.59 Å². The number of fused-ring (bicyclic) bond motifs is 1. The summed E-state index contributed by atoms with van der Waals surface area (Å²) in [6.07, 6.45) is 3.06. The minimum atomic E-state index is -0.550. The molecule has 2 amide bonds. The van der Waals surface area contributed by atoms with Crippen LogP contribution in [-0.2, 0) is 4.84 Å². The molecule has 0 aliphatic heterocycles. The van der Waals surface area contributed by atoms with E-state index in [1.807, 2.05) is 42.5 Å². The highest BCUT2D eigenvalue weighted by Crippen LogP contribution is 2.29. The number of anilines is 1. The number of unbranched alkanes of at least 4 members (excludes halogenated alkanes) is 2. The number of ether oxygens (including phenoxy) is 1. The molecule has 0 saturated carbocycles. The number of ketones is 1. The lowest BCUT2D eigenvalue weighted by Gasteiger charge is -2.14. The average molecular weight is 406 g/mol. The summed E-state index contributed by atoms with van der Waals surface area (Å²) in [5, 5.41) is 4.57. The molecule has 0 fully saturated rings. The molecule has 0 unspecified atom stereocenters. The van der Waals surface area contributed by atoms with Crippen molar-refractivity contribution in [3.8, 4) is 5.75 Å². The lowest BCUT2D eigenvalue weighted by molar-refractivity contribution is 0.104. The first-order valence-electron chi connectivity index (χ1n) is 10.0. The van der Waals surface area contributed by atoms with Crippen molar-refractivity contribution in [3.05, 3.63) is 71.8 Å². The second-order valence-electron chi connectivity index (χ2n) is 6.88. The van der Waals surface area contributed by atoms with Crippen molar-refractivity contribution in [1.29, 1.82) is 0 Å². The van der Waals surface area contributed by atoms with Gasteiger partial charge in [0.2, 0.25) is 0 Å². The Kier molecular flexibility index (Phi) is 7.40. The van der Waals surface area contributed by atoms with Crippen molar-refractivity contribution in [3.63, 3.8) is 0 Å². The van der Waals surface area contributed by atoms with Gasteiger partial charge in [-0.3, -0.25) is 9.63 Å². The van der Waals surface area contributed by atoms with Crippen LogP contribution in [0.2, 0.25) is 0 Å². The van der Waals surface area contributed by atoms with Crippen LogP contribution in [0.4, 0.5) is 10.5 Å². The molecule has 0 aliphatic rings. The summed E-state index contributed by atoms with van der Waals surface area (Å²) in [6, 6.07) is 17.9. The van der Waals surface area contributed by atoms with E-state index in [0.717, 1.165) is 30.0 Å². The fourth-order valence-corrected chi connectivity index (χ4v) is 3.25. The van der Waals surface area contributed by atoms with Gasteiger partial charge in [0, 0.05) is 11.1 Å². The summed E-state index contributed by atoms with van der Waals surface area (Å²) in [4.78, 5) is 29.9. The first kappa shape index (κ1) is 21.3. The second kappa shape index (κ2) is 10.4. The molecule has 6 heteroatoms. The van der Waals surface area contributed by atoms with Gasteiger partial charge in [-0.2, -0.15) is 0 Å². The molecule has 156 valence electrons. The Hall–Kier alpha value is -3.38. The Morgan fingerprint density at radius 1 is 0.967 bits per heavy atom. The molecule has 3 aromatic rings. The Morgan fingerprint density at radius 2 is 1.77 bits per heavy atom. The maximum atomic E-state index is 13.2. The van der Waals surface area contributed by atoms with Crippen LogP contribution >= 0.6 is 0 Å². The van der Waals surface area contributed by atoms with Gasteiger partial charge in [0.1, 0.15) is 5.75 Å². The van der Waals surface area contributed by atoms with Crippen molar-refractivity contribution in [2.24, 2.45) is 0 Å². The predicted molar refractivity (Wildman–Crippen MR) is 118 cm³/mol. The van der Waals surface area contributed by atoms with Gasteiger partial charge in [0.15, 0.2) is 5.78 Å². The fourth-order valence-electron chi connectivity index (χ4n) is 3.25. The number of rotatable bonds is 9. The molecular formula is C24H26N2O4. The highest BCUT2D eigenvalue weighted by Gasteiger charge is 2.16. The molecule has 3 rings (SSSR count). The van der Waals surface area contributed by atoms with E-state index < -0.39 is 6.03 Å². The number of hydrogen-bond acceptors (Lipinski definition) is 4. The van der Waals surface area contributed by atoms with Crippen LogP contribution in [0.5, 0.6) is 5.75 Å². The van der Waals surface area contributed by atoms with Crippen LogP contribution in [0.3, 0.4) is 0 Å². The molecule has 0 aromatic heterocycles. The molecule has 0 atom stereocenters. The smallest absolute Gasteiger partial charge is 0.343 e. The highest BCUT2D eigenvalue weighted by molar-refractivity contribution is 6.17. The lowest BCUT2D eigenvalue weighted by Crippen LogP contribution is -2.27. The van der Waals surface area contributed by atoms with Gasteiger partial charge in [0.05, 0.1) is 19.4 Å². The number of hydroxylamine groups is 1. The standard InChI is InChI=1S/C24H26N2O4/c1-3-4-7-15-30-22-14-13-18(16-21(22)25-24(28)26-29-2)23(27)20-12-8-10-17-9-5-6-11-19(17)20/h5-6,8-14,16H,3-4,7,15H2,1-2H3,(H2,25,26,28). The predicted octanol–water partition coefficient (Wildman–Crippen LogP) is 5.32. The molecule has 0 radical (unpaired) electrons. The largest absolute Gasteiger partial charge is 0.491 e. The Bertz CT molecular complexity index is 1030. The number of urea groups is 1. The normalized spacial score (nSPS) is 10.6. The quantitative estimate of drug-likeness (QED) is 0.286. The summed E-state index contributed by atoms with van der Waals surface area (Å²) in [7, 11) is 1.35. The first-order chi connectivity index (χ1) is 14.6. The fraction of sp³-hybridized carbons (Fsp3) is 0.250. The number of nitrogens with one attached hydrogen (secondary N) is 2. The lowest BCUT2D eigenvalue weighted by atomic mass is 9.97. The van der Waals surface area contributed by atoms with Crippen LogP contribution in [0.25, 0.3) is 10.8 Å². The van der Waals surface area contributed by atoms with Gasteiger partial charge in [-0.05, 0) is 35.4 Å². The molecule has 6 nitrogen and oxygen atoms in total. The van der Waals surface area contributed by atoms with E-state index in [0.29, 0.717) is 29.2 Å². The summed E-state index contributed by atoms with van der Waals surface area (Å²) < 4.78 is 5.83. The van der Waals surface area contributed by atoms with E-state index in [2.05, 4.69) is 22.6 Å². The van der Waals surface area contributed by atoms with Gasteiger partial charge in [-0.25, -0.2) is 10.3 Å². The Labute approximate surface area is 176 Å². The minimum absolute atomic E-state index is 0.125. The number of amides is 2.